The molecule has 2 aromatic carbocycles. The average Bonchev–Trinajstić information content (AvgIpc) is 2.68. The van der Waals surface area contributed by atoms with Gasteiger partial charge in [0.15, 0.2) is 0 Å². The smallest absolute Gasteiger partial charge is 0.273 e. The molecule has 0 unspecified atom stereocenters. The molecule has 1 amide bonds. The van der Waals surface area contributed by atoms with Crippen molar-refractivity contribution in [1.29, 1.82) is 0 Å². The summed E-state index contributed by atoms with van der Waals surface area (Å²) in [4.78, 5) is 24.7. The number of non-ortho nitro benzene ring substituents is 1. The third-order valence-electron chi connectivity index (χ3n) is 4.15. The summed E-state index contributed by atoms with van der Waals surface area (Å²) in [5.41, 5.74) is 0.280. The van der Waals surface area contributed by atoms with Crippen LogP contribution in [0.3, 0.4) is 0 Å². The van der Waals surface area contributed by atoms with Crippen molar-refractivity contribution in [3.63, 3.8) is 0 Å². The molecular formula is C19H23N3O5. The van der Waals surface area contributed by atoms with Crippen LogP contribution in [0, 0.1) is 10.1 Å². The molecule has 0 radical (unpaired) electrons. The average molecular weight is 373 g/mol. The van der Waals surface area contributed by atoms with E-state index >= 15 is 0 Å². The van der Waals surface area contributed by atoms with E-state index in [-0.39, 0.29) is 17.3 Å². The minimum absolute atomic E-state index is 0.104. The van der Waals surface area contributed by atoms with Crippen LogP contribution in [0.15, 0.2) is 48.5 Å². The standard InChI is InChI=1S/C19H23N3O5/c1-14(21(2)11-12-27-16-7-5-4-6-8-16)19(23)20-17-10-9-15(22(24)25)13-18(17)26-3/h4-10,13-14H,11-12H2,1-3H3,(H,20,23)/t14-/m0/s1. The van der Waals surface area contributed by atoms with Crippen LogP contribution in [0.1, 0.15) is 6.92 Å². The minimum atomic E-state index is -0.517. The van der Waals surface area contributed by atoms with Crippen LogP contribution >= 0.6 is 0 Å². The molecule has 2 aromatic rings. The molecule has 27 heavy (non-hydrogen) atoms. The normalized spacial score (nSPS) is 11.7. The van der Waals surface area contributed by atoms with E-state index in [1.807, 2.05) is 42.3 Å². The van der Waals surface area contributed by atoms with Crippen LogP contribution in [0.25, 0.3) is 0 Å². The predicted molar refractivity (Wildman–Crippen MR) is 102 cm³/mol. The molecule has 144 valence electrons. The third-order valence-corrected chi connectivity index (χ3v) is 4.15. The molecule has 8 heteroatoms. The van der Waals surface area contributed by atoms with Crippen LogP contribution < -0.4 is 14.8 Å². The number of para-hydroxylation sites is 1. The van der Waals surface area contributed by atoms with Crippen LogP contribution in [-0.4, -0.2) is 49.1 Å². The maximum atomic E-state index is 12.5. The van der Waals surface area contributed by atoms with Crippen molar-refractivity contribution < 1.29 is 19.2 Å². The van der Waals surface area contributed by atoms with Crippen LogP contribution in [0.5, 0.6) is 11.5 Å². The molecule has 0 fully saturated rings. The summed E-state index contributed by atoms with van der Waals surface area (Å²) in [6.07, 6.45) is 0. The van der Waals surface area contributed by atoms with E-state index in [0.29, 0.717) is 18.8 Å². The molecular weight excluding hydrogens is 350 g/mol. The maximum Gasteiger partial charge on any atom is 0.273 e. The Balaban J connectivity index is 1.91. The zero-order valence-electron chi connectivity index (χ0n) is 15.5. The fourth-order valence-corrected chi connectivity index (χ4v) is 2.35. The lowest BCUT2D eigenvalue weighted by atomic mass is 10.2. The first kappa shape index (κ1) is 20.2. The lowest BCUT2D eigenvalue weighted by Crippen LogP contribution is -2.41. The molecule has 0 spiro atoms. The Morgan fingerprint density at radius 2 is 1.96 bits per heavy atom. The molecule has 0 aromatic heterocycles. The van der Waals surface area contributed by atoms with Crippen LogP contribution in [-0.2, 0) is 4.79 Å². The molecule has 0 aliphatic heterocycles. The Bertz CT molecular complexity index is 782. The lowest BCUT2D eigenvalue weighted by Gasteiger charge is -2.24. The van der Waals surface area contributed by atoms with Crippen molar-refractivity contribution in [3.8, 4) is 11.5 Å². The van der Waals surface area contributed by atoms with Gasteiger partial charge in [0.25, 0.3) is 5.69 Å². The van der Waals surface area contributed by atoms with Gasteiger partial charge in [0.2, 0.25) is 5.91 Å². The first-order valence-corrected chi connectivity index (χ1v) is 8.43. The molecule has 0 heterocycles. The van der Waals surface area contributed by atoms with E-state index in [4.69, 9.17) is 9.47 Å². The topological polar surface area (TPSA) is 93.9 Å². The number of amides is 1. The first-order chi connectivity index (χ1) is 12.9. The van der Waals surface area contributed by atoms with Crippen molar-refractivity contribution in [2.24, 2.45) is 0 Å². The lowest BCUT2D eigenvalue weighted by molar-refractivity contribution is -0.384. The number of carbonyl (C=O) groups excluding carboxylic acids is 1. The number of nitrogens with zero attached hydrogens (tertiary/aromatic N) is 2. The highest BCUT2D eigenvalue weighted by atomic mass is 16.6. The molecule has 1 N–H and O–H groups in total. The van der Waals surface area contributed by atoms with Gasteiger partial charge < -0.3 is 14.8 Å². The van der Waals surface area contributed by atoms with Crippen molar-refractivity contribution >= 4 is 17.3 Å². The van der Waals surface area contributed by atoms with Gasteiger partial charge in [-0.1, -0.05) is 18.2 Å². The Labute approximate surface area is 157 Å². The Morgan fingerprint density at radius 3 is 2.59 bits per heavy atom. The summed E-state index contributed by atoms with van der Waals surface area (Å²) in [5.74, 6) is 0.766. The van der Waals surface area contributed by atoms with Gasteiger partial charge in [0.05, 0.1) is 29.8 Å². The quantitative estimate of drug-likeness (QED) is 0.536. The van der Waals surface area contributed by atoms with Gasteiger partial charge in [-0.3, -0.25) is 19.8 Å². The number of ether oxygens (including phenoxy) is 2. The summed E-state index contributed by atoms with van der Waals surface area (Å²) in [6.45, 7) is 2.77. The van der Waals surface area contributed by atoms with Crippen LogP contribution in [0.4, 0.5) is 11.4 Å². The summed E-state index contributed by atoms with van der Waals surface area (Å²) < 4.78 is 10.8. The highest BCUT2D eigenvalue weighted by molar-refractivity contribution is 5.96. The van der Waals surface area contributed by atoms with E-state index in [1.165, 1.54) is 25.3 Å². The number of benzene rings is 2. The summed E-state index contributed by atoms with van der Waals surface area (Å²) in [5, 5.41) is 13.6. The Morgan fingerprint density at radius 1 is 1.26 bits per heavy atom. The summed E-state index contributed by atoms with van der Waals surface area (Å²) in [6, 6.07) is 13.1. The monoisotopic (exact) mass is 373 g/mol. The predicted octanol–water partition coefficient (Wildman–Crippen LogP) is 2.94. The number of nitro benzene ring substituents is 1. The molecule has 0 aliphatic carbocycles. The second-order valence-corrected chi connectivity index (χ2v) is 5.95. The van der Waals surface area contributed by atoms with E-state index in [1.54, 1.807) is 6.92 Å². The van der Waals surface area contributed by atoms with Gasteiger partial charge in [-0.25, -0.2) is 0 Å². The molecule has 0 saturated heterocycles. The van der Waals surface area contributed by atoms with E-state index in [9.17, 15) is 14.9 Å². The number of rotatable bonds is 9. The number of nitrogens with one attached hydrogen (secondary N) is 1. The third kappa shape index (κ3) is 5.68. The minimum Gasteiger partial charge on any atom is -0.494 e. The number of anilines is 1. The van der Waals surface area contributed by atoms with Crippen molar-refractivity contribution in [3.05, 3.63) is 58.6 Å². The largest absolute Gasteiger partial charge is 0.494 e. The van der Waals surface area contributed by atoms with E-state index < -0.39 is 11.0 Å². The first-order valence-electron chi connectivity index (χ1n) is 8.43. The van der Waals surface area contributed by atoms with Crippen molar-refractivity contribution in [2.45, 2.75) is 13.0 Å². The molecule has 0 bridgehead atoms. The molecule has 1 atom stereocenters. The molecule has 2 rings (SSSR count). The Kier molecular flexibility index (Phi) is 7.13. The molecule has 8 nitrogen and oxygen atoms in total. The summed E-state index contributed by atoms with van der Waals surface area (Å²) in [7, 11) is 3.22. The van der Waals surface area contributed by atoms with Gasteiger partial charge in [0.1, 0.15) is 18.1 Å². The fourth-order valence-electron chi connectivity index (χ4n) is 2.35. The highest BCUT2D eigenvalue weighted by Crippen LogP contribution is 2.29. The Hall–Kier alpha value is -3.13. The second kappa shape index (κ2) is 9.54. The fraction of sp³-hybridized carbons (Fsp3) is 0.316. The van der Waals surface area contributed by atoms with Crippen molar-refractivity contribution in [1.82, 2.24) is 4.90 Å². The van der Waals surface area contributed by atoms with Gasteiger partial charge in [0, 0.05) is 12.6 Å². The SMILES string of the molecule is COc1cc([N+](=O)[O-])ccc1NC(=O)[C@H](C)N(C)CCOc1ccccc1. The zero-order valence-corrected chi connectivity index (χ0v) is 15.5. The van der Waals surface area contributed by atoms with Gasteiger partial charge in [-0.15, -0.1) is 0 Å². The van der Waals surface area contributed by atoms with E-state index in [2.05, 4.69) is 5.32 Å². The van der Waals surface area contributed by atoms with Crippen LogP contribution in [0.2, 0.25) is 0 Å². The second-order valence-electron chi connectivity index (χ2n) is 5.95. The number of carbonyl (C=O) groups is 1. The highest BCUT2D eigenvalue weighted by Gasteiger charge is 2.20. The van der Waals surface area contributed by atoms with E-state index in [0.717, 1.165) is 5.75 Å². The molecule has 0 aliphatic rings. The number of hydrogen-bond acceptors (Lipinski definition) is 6. The number of nitro groups is 1. The zero-order chi connectivity index (χ0) is 19.8. The van der Waals surface area contributed by atoms with Crippen molar-refractivity contribution in [2.75, 3.05) is 32.6 Å². The summed E-state index contributed by atoms with van der Waals surface area (Å²) >= 11 is 0. The number of methoxy groups -OCH3 is 1. The number of likely N-dealkylation sites (N-methyl/N-ethyl adjacent to an activating group) is 1. The van der Waals surface area contributed by atoms with Gasteiger partial charge in [-0.05, 0) is 32.2 Å². The molecule has 0 saturated carbocycles. The van der Waals surface area contributed by atoms with Gasteiger partial charge >= 0.3 is 0 Å². The van der Waals surface area contributed by atoms with Gasteiger partial charge in [-0.2, -0.15) is 0 Å². The number of hydrogen-bond donors (Lipinski definition) is 1. The maximum absolute atomic E-state index is 12.5.